The number of amides is 2. The highest BCUT2D eigenvalue weighted by molar-refractivity contribution is 6.24. The van der Waals surface area contributed by atoms with Gasteiger partial charge in [-0.1, -0.05) is 0 Å². The van der Waals surface area contributed by atoms with Gasteiger partial charge in [0.1, 0.15) is 29.0 Å². The Morgan fingerprint density at radius 3 is 2.52 bits per heavy atom. The van der Waals surface area contributed by atoms with E-state index in [1.165, 1.54) is 32.2 Å². The van der Waals surface area contributed by atoms with Gasteiger partial charge in [0.25, 0.3) is 5.91 Å². The van der Waals surface area contributed by atoms with E-state index < -0.39 is 75.9 Å². The van der Waals surface area contributed by atoms with Gasteiger partial charge in [-0.3, -0.25) is 29.0 Å². The van der Waals surface area contributed by atoms with E-state index in [0.717, 1.165) is 0 Å². The number of benzene rings is 1. The number of hydrogen-bond acceptors (Lipinski definition) is 11. The molecule has 5 rings (SSSR count). The first-order chi connectivity index (χ1) is 19.7. The molecule has 1 saturated heterocycles. The third kappa shape index (κ3) is 4.32. The van der Waals surface area contributed by atoms with Gasteiger partial charge in [-0.05, 0) is 39.3 Å². The second kappa shape index (κ2) is 10.4. The van der Waals surface area contributed by atoms with E-state index in [1.807, 2.05) is 0 Å². The summed E-state index contributed by atoms with van der Waals surface area (Å²) in [6, 6.07) is 0.173. The average Bonchev–Trinajstić information content (AvgIpc) is 3.31. The molecule has 0 aromatic heterocycles. The minimum atomic E-state index is -2.76. The smallest absolute Gasteiger partial charge is 0.255 e. The summed E-state index contributed by atoms with van der Waals surface area (Å²) in [5, 5.41) is 47.8. The number of alkyl halides is 1. The van der Waals surface area contributed by atoms with Crippen LogP contribution in [0.2, 0.25) is 0 Å². The van der Waals surface area contributed by atoms with Gasteiger partial charge in [-0.15, -0.1) is 0 Å². The average molecular weight is 589 g/mol. The van der Waals surface area contributed by atoms with Crippen LogP contribution in [0, 0.1) is 11.8 Å². The largest absolute Gasteiger partial charge is 0.508 e. The van der Waals surface area contributed by atoms with Crippen molar-refractivity contribution in [2.24, 2.45) is 17.6 Å². The molecule has 0 spiro atoms. The lowest BCUT2D eigenvalue weighted by molar-refractivity contribution is -0.153. The zero-order chi connectivity index (χ0) is 30.8. The van der Waals surface area contributed by atoms with E-state index in [-0.39, 0.29) is 48.5 Å². The van der Waals surface area contributed by atoms with Gasteiger partial charge in [0.05, 0.1) is 30.9 Å². The number of primary amides is 1. The zero-order valence-electron chi connectivity index (χ0n) is 23.3. The second-order valence-electron chi connectivity index (χ2n) is 11.5. The number of likely N-dealkylation sites (tertiary alicyclic amines) is 1. The SMILES string of the molecule is COc1cc(NC(=O)CN2CC[C@@H](F)C2)c(O)c2c1C[C@H]1C[C@H]3[C@H](N(C)C)C(=O)C(C(N)=O)=C(O)[C@@]3(O)C(=O)C1=C2O. The van der Waals surface area contributed by atoms with Crippen molar-refractivity contribution in [1.82, 2.24) is 9.80 Å². The molecule has 1 aliphatic heterocycles. The molecule has 1 aromatic rings. The van der Waals surface area contributed by atoms with Gasteiger partial charge in [0.15, 0.2) is 17.1 Å². The number of nitrogens with zero attached hydrogens (tertiary/aromatic N) is 2. The molecule has 5 atom stereocenters. The fraction of sp³-hybridized carbons (Fsp3) is 0.500. The standard InChI is InChI=1S/C28H33FN4O9/c1-32(2)21-14-7-11-6-13-16(42-3)8-15(31-17(34)10-33-5-4-12(29)9-33)22(35)19(13)23(36)18(11)25(38)28(14,41)26(39)20(24(21)37)27(30)40/h8,11-12,14,21,35-36,39,41H,4-7,9-10H2,1-3H3,(H2,30,40)(H,31,34)/t11-,12+,14-,21-,28-/m0/s1. The summed E-state index contributed by atoms with van der Waals surface area (Å²) in [7, 11) is 4.38. The predicted molar refractivity (Wildman–Crippen MR) is 145 cm³/mol. The Bertz CT molecular complexity index is 1470. The van der Waals surface area contributed by atoms with Crippen LogP contribution in [0.4, 0.5) is 10.1 Å². The van der Waals surface area contributed by atoms with E-state index in [4.69, 9.17) is 10.5 Å². The molecule has 42 heavy (non-hydrogen) atoms. The summed E-state index contributed by atoms with van der Waals surface area (Å²) in [5.74, 6) is -8.12. The fourth-order valence-corrected chi connectivity index (χ4v) is 6.88. The van der Waals surface area contributed by atoms with Crippen LogP contribution >= 0.6 is 0 Å². The number of nitrogens with two attached hydrogens (primary N) is 1. The lowest BCUT2D eigenvalue weighted by atomic mass is 9.57. The number of ketones is 2. The van der Waals surface area contributed by atoms with Gasteiger partial charge >= 0.3 is 0 Å². The third-order valence-electron chi connectivity index (χ3n) is 8.76. The summed E-state index contributed by atoms with van der Waals surface area (Å²) in [6.07, 6.45) is -0.757. The molecule has 0 radical (unpaired) electrons. The molecule has 0 bridgehead atoms. The Labute approximate surface area is 240 Å². The van der Waals surface area contributed by atoms with E-state index in [0.29, 0.717) is 18.5 Å². The number of hydrogen-bond donors (Lipinski definition) is 6. The minimum Gasteiger partial charge on any atom is -0.508 e. The number of methoxy groups -OCH3 is 1. The highest BCUT2D eigenvalue weighted by atomic mass is 19.1. The minimum absolute atomic E-state index is 0.0329. The molecular weight excluding hydrogens is 555 g/mol. The van der Waals surface area contributed by atoms with Gasteiger partial charge in [-0.2, -0.15) is 0 Å². The Kier molecular flexibility index (Phi) is 7.28. The molecule has 0 unspecified atom stereocenters. The Morgan fingerprint density at radius 1 is 1.26 bits per heavy atom. The quantitative estimate of drug-likeness (QED) is 0.192. The van der Waals surface area contributed by atoms with Gasteiger partial charge in [0, 0.05) is 36.2 Å². The Morgan fingerprint density at radius 2 is 1.95 bits per heavy atom. The number of aromatic hydroxyl groups is 1. The molecule has 7 N–H and O–H groups in total. The summed E-state index contributed by atoms with van der Waals surface area (Å²) in [6.45, 7) is 0.362. The molecule has 13 nitrogen and oxygen atoms in total. The van der Waals surface area contributed by atoms with Crippen LogP contribution in [-0.4, -0.2) is 112 Å². The summed E-state index contributed by atoms with van der Waals surface area (Å²) < 4.78 is 19.0. The van der Waals surface area contributed by atoms with Crippen LogP contribution in [0.1, 0.15) is 24.0 Å². The normalized spacial score (nSPS) is 29.4. The summed E-state index contributed by atoms with van der Waals surface area (Å²) >= 11 is 0. The van der Waals surface area contributed by atoms with Crippen LogP contribution in [0.3, 0.4) is 0 Å². The number of halogens is 1. The van der Waals surface area contributed by atoms with Crippen molar-refractivity contribution in [3.8, 4) is 11.5 Å². The van der Waals surface area contributed by atoms with Crippen LogP contribution in [0.25, 0.3) is 5.76 Å². The number of carbonyl (C=O) groups is 4. The molecule has 1 aromatic carbocycles. The number of anilines is 1. The maximum absolute atomic E-state index is 14.0. The topological polar surface area (TPSA) is 203 Å². The predicted octanol–water partition coefficient (Wildman–Crippen LogP) is -0.0451. The van der Waals surface area contributed by atoms with Crippen LogP contribution in [0.5, 0.6) is 11.5 Å². The molecule has 4 aliphatic rings. The Balaban J connectivity index is 1.60. The second-order valence-corrected chi connectivity index (χ2v) is 11.5. The van der Waals surface area contributed by atoms with Crippen LogP contribution in [-0.2, 0) is 25.6 Å². The van der Waals surface area contributed by atoms with Crippen LogP contribution < -0.4 is 15.8 Å². The number of nitrogens with one attached hydrogen (secondary N) is 1. The van der Waals surface area contributed by atoms with Gasteiger partial charge in [0.2, 0.25) is 11.7 Å². The van der Waals surface area contributed by atoms with E-state index >= 15 is 0 Å². The number of carbonyl (C=O) groups excluding carboxylic acids is 4. The van der Waals surface area contributed by atoms with E-state index in [9.17, 15) is 44.0 Å². The molecule has 2 fully saturated rings. The molecule has 1 saturated carbocycles. The maximum Gasteiger partial charge on any atom is 0.255 e. The molecular formula is C28H33FN4O9. The highest BCUT2D eigenvalue weighted by Crippen LogP contribution is 2.54. The number of phenolic OH excluding ortho intramolecular Hbond substituents is 1. The summed E-state index contributed by atoms with van der Waals surface area (Å²) in [5.41, 5.74) is 1.32. The number of aliphatic hydroxyl groups is 3. The van der Waals surface area contributed by atoms with Crippen molar-refractivity contribution >= 4 is 34.8 Å². The molecule has 1 heterocycles. The monoisotopic (exact) mass is 588 g/mol. The molecule has 3 aliphatic carbocycles. The number of ether oxygens (including phenoxy) is 1. The van der Waals surface area contributed by atoms with Crippen molar-refractivity contribution in [1.29, 1.82) is 0 Å². The van der Waals surface area contributed by atoms with Crippen molar-refractivity contribution in [2.75, 3.05) is 46.2 Å². The number of rotatable bonds is 6. The van der Waals surface area contributed by atoms with Crippen molar-refractivity contribution < 1.29 is 48.7 Å². The number of fused-ring (bicyclic) bond motifs is 3. The maximum atomic E-state index is 14.0. The van der Waals surface area contributed by atoms with Crippen LogP contribution in [0.15, 0.2) is 23.0 Å². The molecule has 2 amide bonds. The summed E-state index contributed by atoms with van der Waals surface area (Å²) in [4.78, 5) is 55.0. The molecule has 226 valence electrons. The van der Waals surface area contributed by atoms with E-state index in [1.54, 1.807) is 4.90 Å². The highest BCUT2D eigenvalue weighted by Gasteiger charge is 2.64. The molecule has 14 heteroatoms. The van der Waals surface area contributed by atoms with Gasteiger partial charge < -0.3 is 36.2 Å². The van der Waals surface area contributed by atoms with E-state index in [2.05, 4.69) is 5.32 Å². The van der Waals surface area contributed by atoms with Crippen molar-refractivity contribution in [2.45, 2.75) is 37.1 Å². The number of phenols is 1. The van der Waals surface area contributed by atoms with Gasteiger partial charge in [-0.25, -0.2) is 4.39 Å². The Hall–Kier alpha value is -4.01. The third-order valence-corrected chi connectivity index (χ3v) is 8.76. The first-order valence-corrected chi connectivity index (χ1v) is 13.5. The van der Waals surface area contributed by atoms with Crippen molar-refractivity contribution in [3.05, 3.63) is 34.1 Å². The lowest BCUT2D eigenvalue weighted by Gasteiger charge is -2.50. The lowest BCUT2D eigenvalue weighted by Crippen LogP contribution is -2.65. The zero-order valence-corrected chi connectivity index (χ0v) is 23.3. The number of likely N-dealkylation sites (N-methyl/N-ethyl adjacent to an activating group) is 1. The first kappa shape index (κ1) is 29.5. The van der Waals surface area contributed by atoms with Crippen molar-refractivity contribution in [3.63, 3.8) is 0 Å². The number of Topliss-reactive ketones (excluding diaryl/α,β-unsaturated/α-hetero) is 2. The first-order valence-electron chi connectivity index (χ1n) is 13.5. The number of aliphatic hydroxyl groups excluding tert-OH is 2. The fourth-order valence-electron chi connectivity index (χ4n) is 6.88.